The predicted molar refractivity (Wildman–Crippen MR) is 72.8 cm³/mol. The van der Waals surface area contributed by atoms with Gasteiger partial charge >= 0.3 is 6.16 Å². The maximum absolute atomic E-state index is 11.5. The summed E-state index contributed by atoms with van der Waals surface area (Å²) < 4.78 is 10.3. The lowest BCUT2D eigenvalue weighted by Gasteiger charge is -2.38. The maximum Gasteiger partial charge on any atom is 0.509 e. The first-order valence-electron chi connectivity index (χ1n) is 6.58. The number of ether oxygens (including phenoxy) is 2. The Balaban J connectivity index is 1.68. The van der Waals surface area contributed by atoms with Crippen molar-refractivity contribution in [3.05, 3.63) is 35.9 Å². The van der Waals surface area contributed by atoms with Crippen molar-refractivity contribution in [2.45, 2.75) is 39.0 Å². The average Bonchev–Trinajstić information content (AvgIpc) is 2.25. The fourth-order valence-corrected chi connectivity index (χ4v) is 1.98. The summed E-state index contributed by atoms with van der Waals surface area (Å²) in [5, 5.41) is 0. The molecule has 4 heteroatoms. The minimum Gasteiger partial charge on any atom is -0.429 e. The van der Waals surface area contributed by atoms with Crippen molar-refractivity contribution < 1.29 is 14.3 Å². The van der Waals surface area contributed by atoms with Crippen LogP contribution in [0.15, 0.2) is 30.3 Å². The molecule has 1 saturated heterocycles. The van der Waals surface area contributed by atoms with Gasteiger partial charge in [0.1, 0.15) is 11.7 Å². The second-order valence-electron chi connectivity index (χ2n) is 5.88. The zero-order valence-corrected chi connectivity index (χ0v) is 11.8. The fraction of sp³-hybridized carbons (Fsp3) is 0.533. The number of carbonyl (C=O) groups excluding carboxylic acids is 1. The first-order chi connectivity index (χ1) is 8.92. The summed E-state index contributed by atoms with van der Waals surface area (Å²) in [7, 11) is 0. The topological polar surface area (TPSA) is 38.8 Å². The van der Waals surface area contributed by atoms with E-state index in [0.717, 1.165) is 19.6 Å². The highest BCUT2D eigenvalue weighted by molar-refractivity contribution is 5.60. The quantitative estimate of drug-likeness (QED) is 0.786. The third-order valence-corrected chi connectivity index (χ3v) is 2.83. The minimum absolute atomic E-state index is 0.0430. The molecule has 0 unspecified atom stereocenters. The summed E-state index contributed by atoms with van der Waals surface area (Å²) >= 11 is 0. The van der Waals surface area contributed by atoms with Gasteiger partial charge in [0.15, 0.2) is 0 Å². The summed E-state index contributed by atoms with van der Waals surface area (Å²) in [6, 6.07) is 10.3. The third-order valence-electron chi connectivity index (χ3n) is 2.83. The highest BCUT2D eigenvalue weighted by Gasteiger charge is 2.31. The van der Waals surface area contributed by atoms with E-state index in [1.807, 2.05) is 39.0 Å². The van der Waals surface area contributed by atoms with E-state index in [1.54, 1.807) is 0 Å². The van der Waals surface area contributed by atoms with Crippen LogP contribution in [0.2, 0.25) is 0 Å². The molecule has 1 fully saturated rings. The highest BCUT2D eigenvalue weighted by Crippen LogP contribution is 2.17. The standard InChI is InChI=1S/C15H21NO3/c1-15(2,3)19-14(17)18-13-10-16(11-13)9-12-7-5-4-6-8-12/h4-8,13H,9-11H2,1-3H3. The van der Waals surface area contributed by atoms with Crippen LogP contribution in [0.1, 0.15) is 26.3 Å². The molecule has 0 aliphatic carbocycles. The van der Waals surface area contributed by atoms with Crippen molar-refractivity contribution in [3.63, 3.8) is 0 Å². The Hall–Kier alpha value is -1.55. The molecule has 1 aliphatic heterocycles. The molecule has 104 valence electrons. The van der Waals surface area contributed by atoms with Crippen molar-refractivity contribution in [1.29, 1.82) is 0 Å². The van der Waals surface area contributed by atoms with Crippen LogP contribution < -0.4 is 0 Å². The maximum atomic E-state index is 11.5. The number of hydrogen-bond acceptors (Lipinski definition) is 4. The van der Waals surface area contributed by atoms with E-state index in [4.69, 9.17) is 9.47 Å². The van der Waals surface area contributed by atoms with Crippen molar-refractivity contribution in [2.24, 2.45) is 0 Å². The van der Waals surface area contributed by atoms with Gasteiger partial charge in [-0.25, -0.2) is 4.79 Å². The van der Waals surface area contributed by atoms with Gasteiger partial charge in [-0.1, -0.05) is 30.3 Å². The predicted octanol–water partition coefficient (Wildman–Crippen LogP) is 2.82. The lowest BCUT2D eigenvalue weighted by atomic mass is 10.1. The molecule has 19 heavy (non-hydrogen) atoms. The van der Waals surface area contributed by atoms with Crippen LogP contribution in [0.4, 0.5) is 4.79 Å². The molecule has 0 saturated carbocycles. The average molecular weight is 263 g/mol. The molecule has 0 radical (unpaired) electrons. The van der Waals surface area contributed by atoms with Gasteiger partial charge in [0, 0.05) is 19.6 Å². The molecule has 1 heterocycles. The molecular weight excluding hydrogens is 242 g/mol. The number of carbonyl (C=O) groups is 1. The van der Waals surface area contributed by atoms with Crippen LogP contribution in [-0.2, 0) is 16.0 Å². The van der Waals surface area contributed by atoms with Gasteiger partial charge in [-0.2, -0.15) is 0 Å². The van der Waals surface area contributed by atoms with Gasteiger partial charge in [-0.15, -0.1) is 0 Å². The first kappa shape index (κ1) is 13.9. The normalized spacial score (nSPS) is 16.8. The minimum atomic E-state index is -0.572. The Morgan fingerprint density at radius 2 is 1.89 bits per heavy atom. The molecule has 0 atom stereocenters. The lowest BCUT2D eigenvalue weighted by Crippen LogP contribution is -2.52. The zero-order chi connectivity index (χ0) is 13.9. The number of rotatable bonds is 3. The summed E-state index contributed by atoms with van der Waals surface area (Å²) in [6.07, 6.45) is -0.615. The smallest absolute Gasteiger partial charge is 0.429 e. The fourth-order valence-electron chi connectivity index (χ4n) is 1.98. The Bertz CT molecular complexity index is 419. The van der Waals surface area contributed by atoms with E-state index >= 15 is 0 Å². The van der Waals surface area contributed by atoms with E-state index < -0.39 is 11.8 Å². The molecular formula is C15H21NO3. The van der Waals surface area contributed by atoms with E-state index in [1.165, 1.54) is 5.56 Å². The van der Waals surface area contributed by atoms with Gasteiger partial charge in [0.25, 0.3) is 0 Å². The van der Waals surface area contributed by atoms with E-state index in [-0.39, 0.29) is 6.10 Å². The van der Waals surface area contributed by atoms with E-state index in [2.05, 4.69) is 17.0 Å². The van der Waals surface area contributed by atoms with Crippen molar-refractivity contribution >= 4 is 6.16 Å². The molecule has 2 rings (SSSR count). The van der Waals surface area contributed by atoms with Crippen LogP contribution in [-0.4, -0.2) is 35.8 Å². The van der Waals surface area contributed by atoms with Crippen molar-refractivity contribution in [2.75, 3.05) is 13.1 Å². The number of benzene rings is 1. The Kier molecular flexibility index (Phi) is 4.10. The van der Waals surface area contributed by atoms with Gasteiger partial charge in [0.05, 0.1) is 0 Å². The van der Waals surface area contributed by atoms with Crippen molar-refractivity contribution in [3.8, 4) is 0 Å². The molecule has 1 aliphatic rings. The summed E-state index contributed by atoms with van der Waals surface area (Å²) in [5.74, 6) is 0. The first-order valence-corrected chi connectivity index (χ1v) is 6.58. The zero-order valence-electron chi connectivity index (χ0n) is 11.8. The van der Waals surface area contributed by atoms with Gasteiger partial charge in [-0.05, 0) is 26.3 Å². The molecule has 0 aromatic heterocycles. The summed E-state index contributed by atoms with van der Waals surface area (Å²) in [6.45, 7) is 7.93. The monoisotopic (exact) mass is 263 g/mol. The largest absolute Gasteiger partial charge is 0.509 e. The SMILES string of the molecule is CC(C)(C)OC(=O)OC1CN(Cc2ccccc2)C1. The second kappa shape index (κ2) is 5.61. The van der Waals surface area contributed by atoms with Crippen LogP contribution in [0, 0.1) is 0 Å². The molecule has 1 aromatic carbocycles. The lowest BCUT2D eigenvalue weighted by molar-refractivity contribution is -0.0708. The highest BCUT2D eigenvalue weighted by atomic mass is 16.7. The van der Waals surface area contributed by atoms with E-state index in [0.29, 0.717) is 0 Å². The van der Waals surface area contributed by atoms with Gasteiger partial charge < -0.3 is 9.47 Å². The molecule has 0 N–H and O–H groups in total. The van der Waals surface area contributed by atoms with Crippen LogP contribution >= 0.6 is 0 Å². The molecule has 0 spiro atoms. The van der Waals surface area contributed by atoms with Crippen LogP contribution in [0.25, 0.3) is 0 Å². The molecule has 4 nitrogen and oxygen atoms in total. The molecule has 1 aromatic rings. The third kappa shape index (κ3) is 4.56. The van der Waals surface area contributed by atoms with Gasteiger partial charge in [-0.3, -0.25) is 4.90 Å². The molecule has 0 amide bonds. The number of likely N-dealkylation sites (tertiary alicyclic amines) is 1. The Labute approximate surface area is 114 Å². The summed E-state index contributed by atoms with van der Waals surface area (Å²) in [4.78, 5) is 13.7. The Morgan fingerprint density at radius 3 is 2.47 bits per heavy atom. The van der Waals surface area contributed by atoms with Crippen molar-refractivity contribution in [1.82, 2.24) is 4.90 Å². The van der Waals surface area contributed by atoms with Crippen LogP contribution in [0.5, 0.6) is 0 Å². The van der Waals surface area contributed by atoms with Gasteiger partial charge in [0.2, 0.25) is 0 Å². The Morgan fingerprint density at radius 1 is 1.26 bits per heavy atom. The van der Waals surface area contributed by atoms with Crippen LogP contribution in [0.3, 0.4) is 0 Å². The molecule has 0 bridgehead atoms. The van der Waals surface area contributed by atoms with E-state index in [9.17, 15) is 4.79 Å². The summed E-state index contributed by atoms with van der Waals surface area (Å²) in [5.41, 5.74) is 0.781. The second-order valence-corrected chi connectivity index (χ2v) is 5.88. The number of hydrogen-bond donors (Lipinski definition) is 0. The number of nitrogens with zero attached hydrogens (tertiary/aromatic N) is 1.